The Kier molecular flexibility index (Phi) is 6.07. The molecule has 0 bridgehead atoms. The number of piperazine rings is 1. The van der Waals surface area contributed by atoms with E-state index in [-0.39, 0.29) is 24.4 Å². The van der Waals surface area contributed by atoms with E-state index in [9.17, 15) is 9.59 Å². The summed E-state index contributed by atoms with van der Waals surface area (Å²) >= 11 is 0. The molecule has 1 fully saturated rings. The SMILES string of the molecule is CCN(CC)C(=O)CNC(=O)C1CNC(C)CN1. The predicted molar refractivity (Wildman–Crippen MR) is 70.2 cm³/mol. The number of carbonyl (C=O) groups excluding carboxylic acids is 2. The van der Waals surface area contributed by atoms with E-state index in [1.807, 2.05) is 13.8 Å². The molecule has 104 valence electrons. The smallest absolute Gasteiger partial charge is 0.241 e. The third kappa shape index (κ3) is 4.27. The van der Waals surface area contributed by atoms with Gasteiger partial charge in [0.15, 0.2) is 0 Å². The van der Waals surface area contributed by atoms with Crippen LogP contribution in [0.25, 0.3) is 0 Å². The molecule has 1 aliphatic rings. The molecule has 1 rings (SSSR count). The van der Waals surface area contributed by atoms with E-state index in [1.54, 1.807) is 4.90 Å². The zero-order valence-corrected chi connectivity index (χ0v) is 11.5. The van der Waals surface area contributed by atoms with Crippen LogP contribution < -0.4 is 16.0 Å². The molecule has 6 heteroatoms. The third-order valence-corrected chi connectivity index (χ3v) is 3.19. The quantitative estimate of drug-likeness (QED) is 0.585. The standard InChI is InChI=1S/C12H24N4O2/c1-4-16(5-2)11(17)8-15-12(18)10-7-13-9(3)6-14-10/h9-10,13-14H,4-8H2,1-3H3,(H,15,18). The van der Waals surface area contributed by atoms with Crippen LogP contribution in [-0.2, 0) is 9.59 Å². The van der Waals surface area contributed by atoms with Gasteiger partial charge in [-0.15, -0.1) is 0 Å². The highest BCUT2D eigenvalue weighted by molar-refractivity contribution is 5.87. The molecule has 0 saturated carbocycles. The first-order chi connectivity index (χ1) is 8.58. The van der Waals surface area contributed by atoms with Gasteiger partial charge in [0, 0.05) is 32.2 Å². The Balaban J connectivity index is 2.30. The predicted octanol–water partition coefficient (Wildman–Crippen LogP) is -1.08. The molecule has 0 aromatic rings. The number of amides is 2. The number of nitrogens with one attached hydrogen (secondary N) is 3. The maximum atomic E-state index is 11.8. The van der Waals surface area contributed by atoms with E-state index < -0.39 is 0 Å². The van der Waals surface area contributed by atoms with Crippen LogP contribution in [0.4, 0.5) is 0 Å². The van der Waals surface area contributed by atoms with Crippen molar-refractivity contribution in [2.45, 2.75) is 32.9 Å². The summed E-state index contributed by atoms with van der Waals surface area (Å²) in [6.07, 6.45) is 0. The van der Waals surface area contributed by atoms with E-state index in [4.69, 9.17) is 0 Å². The molecular formula is C12H24N4O2. The first-order valence-corrected chi connectivity index (χ1v) is 6.60. The highest BCUT2D eigenvalue weighted by Gasteiger charge is 2.23. The topological polar surface area (TPSA) is 73.5 Å². The second kappa shape index (κ2) is 7.33. The van der Waals surface area contributed by atoms with Gasteiger partial charge in [-0.1, -0.05) is 0 Å². The minimum atomic E-state index is -0.245. The maximum Gasteiger partial charge on any atom is 0.241 e. The summed E-state index contributed by atoms with van der Waals surface area (Å²) < 4.78 is 0. The van der Waals surface area contributed by atoms with Gasteiger partial charge in [0.2, 0.25) is 11.8 Å². The lowest BCUT2D eigenvalue weighted by atomic mass is 10.1. The molecule has 1 saturated heterocycles. The Morgan fingerprint density at radius 2 is 1.89 bits per heavy atom. The zero-order chi connectivity index (χ0) is 13.5. The minimum absolute atomic E-state index is 0.0366. The molecule has 0 radical (unpaired) electrons. The Bertz CT molecular complexity index is 284. The van der Waals surface area contributed by atoms with Crippen LogP contribution in [0.5, 0.6) is 0 Å². The Hall–Kier alpha value is -1.14. The fourth-order valence-electron chi connectivity index (χ4n) is 1.94. The van der Waals surface area contributed by atoms with Crippen LogP contribution in [0.3, 0.4) is 0 Å². The third-order valence-electron chi connectivity index (χ3n) is 3.19. The molecule has 0 spiro atoms. The molecule has 18 heavy (non-hydrogen) atoms. The van der Waals surface area contributed by atoms with Crippen LogP contribution in [0.15, 0.2) is 0 Å². The summed E-state index contributed by atoms with van der Waals surface area (Å²) in [4.78, 5) is 25.2. The lowest BCUT2D eigenvalue weighted by molar-refractivity contribution is -0.133. The Morgan fingerprint density at radius 3 is 2.39 bits per heavy atom. The monoisotopic (exact) mass is 256 g/mol. The molecule has 6 nitrogen and oxygen atoms in total. The number of hydrogen-bond acceptors (Lipinski definition) is 4. The number of hydrogen-bond donors (Lipinski definition) is 3. The van der Waals surface area contributed by atoms with Crippen LogP contribution in [0.2, 0.25) is 0 Å². The Morgan fingerprint density at radius 1 is 1.22 bits per heavy atom. The van der Waals surface area contributed by atoms with Gasteiger partial charge in [0.1, 0.15) is 0 Å². The summed E-state index contributed by atoms with van der Waals surface area (Å²) in [5.41, 5.74) is 0. The van der Waals surface area contributed by atoms with E-state index in [0.29, 0.717) is 25.7 Å². The van der Waals surface area contributed by atoms with Crippen molar-refractivity contribution in [3.8, 4) is 0 Å². The van der Waals surface area contributed by atoms with E-state index in [2.05, 4.69) is 22.9 Å². The van der Waals surface area contributed by atoms with Crippen molar-refractivity contribution in [3.63, 3.8) is 0 Å². The second-order valence-corrected chi connectivity index (χ2v) is 4.55. The average molecular weight is 256 g/mol. The summed E-state index contributed by atoms with van der Waals surface area (Å²) in [6.45, 7) is 8.71. The van der Waals surface area contributed by atoms with Crippen LogP contribution in [-0.4, -0.2) is 61.5 Å². The number of likely N-dealkylation sites (N-methyl/N-ethyl adjacent to an activating group) is 1. The molecule has 1 heterocycles. The molecule has 2 unspecified atom stereocenters. The van der Waals surface area contributed by atoms with Crippen molar-refractivity contribution >= 4 is 11.8 Å². The van der Waals surface area contributed by atoms with Crippen molar-refractivity contribution in [3.05, 3.63) is 0 Å². The molecule has 3 N–H and O–H groups in total. The molecular weight excluding hydrogens is 232 g/mol. The van der Waals surface area contributed by atoms with Gasteiger partial charge in [-0.05, 0) is 20.8 Å². The van der Waals surface area contributed by atoms with Crippen molar-refractivity contribution in [1.82, 2.24) is 20.9 Å². The first kappa shape index (κ1) is 14.9. The van der Waals surface area contributed by atoms with E-state index in [0.717, 1.165) is 6.54 Å². The fraction of sp³-hybridized carbons (Fsp3) is 0.833. The lowest BCUT2D eigenvalue weighted by Crippen LogP contribution is -2.59. The first-order valence-electron chi connectivity index (χ1n) is 6.60. The number of carbonyl (C=O) groups is 2. The number of rotatable bonds is 5. The van der Waals surface area contributed by atoms with Gasteiger partial charge in [0.25, 0.3) is 0 Å². The van der Waals surface area contributed by atoms with Gasteiger partial charge >= 0.3 is 0 Å². The highest BCUT2D eigenvalue weighted by Crippen LogP contribution is 1.93. The second-order valence-electron chi connectivity index (χ2n) is 4.55. The molecule has 2 atom stereocenters. The van der Waals surface area contributed by atoms with Crippen LogP contribution in [0.1, 0.15) is 20.8 Å². The molecule has 0 aliphatic carbocycles. The summed E-state index contributed by atoms with van der Waals surface area (Å²) in [5.74, 6) is -0.152. The largest absolute Gasteiger partial charge is 0.346 e. The van der Waals surface area contributed by atoms with Gasteiger partial charge < -0.3 is 20.9 Å². The van der Waals surface area contributed by atoms with Crippen LogP contribution >= 0.6 is 0 Å². The van der Waals surface area contributed by atoms with Gasteiger partial charge in [-0.2, -0.15) is 0 Å². The number of nitrogens with zero attached hydrogens (tertiary/aromatic N) is 1. The molecule has 0 aromatic carbocycles. The summed E-state index contributed by atoms with van der Waals surface area (Å²) in [7, 11) is 0. The molecule has 1 aliphatic heterocycles. The van der Waals surface area contributed by atoms with Crippen molar-refractivity contribution < 1.29 is 9.59 Å². The van der Waals surface area contributed by atoms with Gasteiger partial charge in [-0.25, -0.2) is 0 Å². The van der Waals surface area contributed by atoms with Gasteiger partial charge in [0.05, 0.1) is 12.6 Å². The van der Waals surface area contributed by atoms with E-state index >= 15 is 0 Å². The lowest BCUT2D eigenvalue weighted by Gasteiger charge is -2.28. The molecule has 0 aromatic heterocycles. The Labute approximate surface area is 108 Å². The minimum Gasteiger partial charge on any atom is -0.346 e. The van der Waals surface area contributed by atoms with Crippen molar-refractivity contribution in [1.29, 1.82) is 0 Å². The summed E-state index contributed by atoms with van der Waals surface area (Å²) in [5, 5.41) is 9.06. The maximum absolute atomic E-state index is 11.8. The average Bonchev–Trinajstić information content (AvgIpc) is 2.38. The molecule has 2 amide bonds. The van der Waals surface area contributed by atoms with Crippen molar-refractivity contribution in [2.24, 2.45) is 0 Å². The highest BCUT2D eigenvalue weighted by atomic mass is 16.2. The van der Waals surface area contributed by atoms with Crippen molar-refractivity contribution in [2.75, 3.05) is 32.7 Å². The van der Waals surface area contributed by atoms with Gasteiger partial charge in [-0.3, -0.25) is 9.59 Å². The fourth-order valence-corrected chi connectivity index (χ4v) is 1.94. The van der Waals surface area contributed by atoms with Crippen LogP contribution in [0, 0.1) is 0 Å². The van der Waals surface area contributed by atoms with E-state index in [1.165, 1.54) is 0 Å². The normalized spacial score (nSPS) is 23.5. The zero-order valence-electron chi connectivity index (χ0n) is 11.5. The summed E-state index contributed by atoms with van der Waals surface area (Å²) in [6, 6.07) is 0.136.